The van der Waals surface area contributed by atoms with Crippen LogP contribution in [0.4, 0.5) is 24.5 Å². The summed E-state index contributed by atoms with van der Waals surface area (Å²) in [6.45, 7) is 4.34. The van der Waals surface area contributed by atoms with Gasteiger partial charge in [-0.3, -0.25) is 14.6 Å². The minimum atomic E-state index is -5.01. The number of piperidine rings is 1. The average Bonchev–Trinajstić information content (AvgIpc) is 2.86. The van der Waals surface area contributed by atoms with Crippen LogP contribution in [0, 0.1) is 17.2 Å². The second kappa shape index (κ2) is 10.8. The Kier molecular flexibility index (Phi) is 8.00. The van der Waals surface area contributed by atoms with E-state index in [1.54, 1.807) is 12.1 Å². The number of aliphatic hydroxyl groups excluding tert-OH is 1. The van der Waals surface area contributed by atoms with E-state index in [-0.39, 0.29) is 24.7 Å². The number of halogens is 3. The molecule has 2 heterocycles. The molecular formula is C25H26F3N5O3. The molecule has 0 radical (unpaired) electrons. The van der Waals surface area contributed by atoms with Crippen LogP contribution in [-0.2, 0) is 4.79 Å². The Hall–Kier alpha value is -3.91. The highest BCUT2D eigenvalue weighted by Crippen LogP contribution is 2.37. The maximum atomic E-state index is 12.7. The molecule has 3 rings (SSSR count). The van der Waals surface area contributed by atoms with Gasteiger partial charge in [0.15, 0.2) is 0 Å². The standard InChI is InChI=1S/C25H26F3N5O3/c1-15(17-7-10-33(11-8-17)24(36)22(34)25(26,27)28)19-13-18(4-5-21(19)32(2)3)31-23(35)20-12-16(14-29)6-9-30-20/h4-6,9,12-13,17,22,34H,1,7-8,10-11H2,2-3H3,(H,31,35). The molecule has 8 nitrogen and oxygen atoms in total. The molecule has 36 heavy (non-hydrogen) atoms. The summed E-state index contributed by atoms with van der Waals surface area (Å²) in [5.74, 6) is -1.95. The maximum Gasteiger partial charge on any atom is 0.423 e. The number of carbonyl (C=O) groups is 2. The van der Waals surface area contributed by atoms with Crippen molar-refractivity contribution in [3.63, 3.8) is 0 Å². The molecule has 1 atom stereocenters. The largest absolute Gasteiger partial charge is 0.423 e. The van der Waals surface area contributed by atoms with Crippen molar-refractivity contribution in [2.24, 2.45) is 5.92 Å². The van der Waals surface area contributed by atoms with Crippen LogP contribution in [0.1, 0.15) is 34.5 Å². The topological polar surface area (TPSA) is 110 Å². The number of allylic oxidation sites excluding steroid dienone is 1. The molecule has 1 fully saturated rings. The lowest BCUT2D eigenvalue weighted by Gasteiger charge is -2.35. The molecule has 190 valence electrons. The van der Waals surface area contributed by atoms with Crippen LogP contribution in [0.2, 0.25) is 0 Å². The lowest BCUT2D eigenvalue weighted by Crippen LogP contribution is -2.49. The number of hydrogen-bond donors (Lipinski definition) is 2. The Balaban J connectivity index is 1.76. The zero-order valence-corrected chi connectivity index (χ0v) is 19.8. The third kappa shape index (κ3) is 6.01. The highest BCUT2D eigenvalue weighted by Gasteiger charge is 2.46. The third-order valence-corrected chi connectivity index (χ3v) is 6.05. The summed E-state index contributed by atoms with van der Waals surface area (Å²) in [6, 6.07) is 10.1. The van der Waals surface area contributed by atoms with Crippen LogP contribution in [-0.4, -0.2) is 66.3 Å². The molecule has 0 aliphatic carbocycles. The Morgan fingerprint density at radius 1 is 1.25 bits per heavy atom. The van der Waals surface area contributed by atoms with E-state index in [2.05, 4.69) is 16.9 Å². The highest BCUT2D eigenvalue weighted by molar-refractivity contribution is 6.03. The zero-order chi connectivity index (χ0) is 26.6. The Labute approximate surface area is 206 Å². The monoisotopic (exact) mass is 501 g/mol. The van der Waals surface area contributed by atoms with Gasteiger partial charge in [0.2, 0.25) is 6.10 Å². The van der Waals surface area contributed by atoms with Gasteiger partial charge >= 0.3 is 6.18 Å². The molecule has 1 aliphatic rings. The number of aliphatic hydroxyl groups is 1. The summed E-state index contributed by atoms with van der Waals surface area (Å²) < 4.78 is 38.1. The van der Waals surface area contributed by atoms with Crippen LogP contribution >= 0.6 is 0 Å². The molecule has 1 aromatic carbocycles. The molecular weight excluding hydrogens is 475 g/mol. The normalized spacial score (nSPS) is 15.1. The molecule has 1 unspecified atom stereocenters. The number of alkyl halides is 3. The molecule has 1 aliphatic heterocycles. The van der Waals surface area contributed by atoms with E-state index in [4.69, 9.17) is 5.26 Å². The lowest BCUT2D eigenvalue weighted by molar-refractivity contribution is -0.211. The first-order valence-electron chi connectivity index (χ1n) is 11.1. The summed E-state index contributed by atoms with van der Waals surface area (Å²) in [7, 11) is 3.70. The van der Waals surface area contributed by atoms with Crippen LogP contribution in [0.5, 0.6) is 0 Å². The van der Waals surface area contributed by atoms with Gasteiger partial charge in [0.1, 0.15) is 5.69 Å². The van der Waals surface area contributed by atoms with Crippen molar-refractivity contribution in [2.45, 2.75) is 25.1 Å². The van der Waals surface area contributed by atoms with Gasteiger partial charge < -0.3 is 20.2 Å². The van der Waals surface area contributed by atoms with Gasteiger partial charge in [-0.15, -0.1) is 0 Å². The van der Waals surface area contributed by atoms with Gasteiger partial charge in [-0.2, -0.15) is 18.4 Å². The van der Waals surface area contributed by atoms with Crippen molar-refractivity contribution in [1.82, 2.24) is 9.88 Å². The van der Waals surface area contributed by atoms with Crippen molar-refractivity contribution >= 4 is 28.8 Å². The molecule has 11 heteroatoms. The van der Waals surface area contributed by atoms with Crippen molar-refractivity contribution in [3.05, 3.63) is 59.9 Å². The van der Waals surface area contributed by atoms with Crippen LogP contribution in [0.15, 0.2) is 43.1 Å². The first-order chi connectivity index (χ1) is 16.9. The van der Waals surface area contributed by atoms with E-state index in [1.807, 2.05) is 31.1 Å². The molecule has 0 saturated carbocycles. The molecule has 2 amide bonds. The van der Waals surface area contributed by atoms with E-state index < -0.39 is 24.1 Å². The van der Waals surface area contributed by atoms with E-state index in [0.29, 0.717) is 24.1 Å². The number of anilines is 2. The Morgan fingerprint density at radius 3 is 2.50 bits per heavy atom. The number of nitrogens with one attached hydrogen (secondary N) is 1. The number of rotatable bonds is 6. The predicted molar refractivity (Wildman–Crippen MR) is 128 cm³/mol. The number of aromatic nitrogens is 1. The van der Waals surface area contributed by atoms with Crippen LogP contribution in [0.25, 0.3) is 5.57 Å². The van der Waals surface area contributed by atoms with E-state index in [1.165, 1.54) is 18.3 Å². The number of pyridine rings is 1. The summed E-state index contributed by atoms with van der Waals surface area (Å²) in [6.07, 6.45) is -5.90. The number of carbonyl (C=O) groups excluding carboxylic acids is 2. The predicted octanol–water partition coefficient (Wildman–Crippen LogP) is 3.45. The number of nitriles is 1. The lowest BCUT2D eigenvalue weighted by atomic mass is 9.85. The van der Waals surface area contributed by atoms with Gasteiger partial charge in [-0.1, -0.05) is 6.58 Å². The van der Waals surface area contributed by atoms with Crippen molar-refractivity contribution in [1.29, 1.82) is 5.26 Å². The molecule has 1 aromatic heterocycles. The fourth-order valence-corrected chi connectivity index (χ4v) is 4.06. The minimum absolute atomic E-state index is 0.0598. The first kappa shape index (κ1) is 26.7. The van der Waals surface area contributed by atoms with E-state index in [0.717, 1.165) is 21.7 Å². The van der Waals surface area contributed by atoms with Gasteiger partial charge in [0, 0.05) is 50.3 Å². The van der Waals surface area contributed by atoms with Gasteiger partial charge in [0.05, 0.1) is 11.6 Å². The smallest absolute Gasteiger partial charge is 0.377 e. The number of benzene rings is 1. The van der Waals surface area contributed by atoms with E-state index in [9.17, 15) is 27.9 Å². The molecule has 2 aromatic rings. The number of likely N-dealkylation sites (tertiary alicyclic amines) is 1. The van der Waals surface area contributed by atoms with Gasteiger partial charge in [-0.25, -0.2) is 0 Å². The SMILES string of the molecule is C=C(c1cc(NC(=O)c2cc(C#N)ccn2)ccc1N(C)C)C1CCN(C(=O)C(O)C(F)(F)F)CC1. The van der Waals surface area contributed by atoms with Gasteiger partial charge in [-0.05, 0) is 54.7 Å². The fraction of sp³-hybridized carbons (Fsp3) is 0.360. The molecule has 0 bridgehead atoms. The summed E-state index contributed by atoms with van der Waals surface area (Å²) in [4.78, 5) is 31.6. The molecule has 1 saturated heterocycles. The van der Waals surface area contributed by atoms with Crippen molar-refractivity contribution in [2.75, 3.05) is 37.4 Å². The number of nitrogens with zero attached hydrogens (tertiary/aromatic N) is 4. The second-order valence-corrected chi connectivity index (χ2v) is 8.69. The summed E-state index contributed by atoms with van der Waals surface area (Å²) >= 11 is 0. The van der Waals surface area contributed by atoms with E-state index >= 15 is 0 Å². The number of hydrogen-bond acceptors (Lipinski definition) is 6. The maximum absolute atomic E-state index is 12.7. The Bertz CT molecular complexity index is 1200. The highest BCUT2D eigenvalue weighted by atomic mass is 19.4. The van der Waals surface area contributed by atoms with Crippen molar-refractivity contribution in [3.8, 4) is 6.07 Å². The fourth-order valence-electron chi connectivity index (χ4n) is 4.06. The Morgan fingerprint density at radius 2 is 1.92 bits per heavy atom. The quantitative estimate of drug-likeness (QED) is 0.628. The van der Waals surface area contributed by atoms with Crippen molar-refractivity contribution < 1.29 is 27.9 Å². The minimum Gasteiger partial charge on any atom is -0.377 e. The zero-order valence-electron chi connectivity index (χ0n) is 19.8. The first-order valence-corrected chi connectivity index (χ1v) is 11.1. The van der Waals surface area contributed by atoms with Gasteiger partial charge in [0.25, 0.3) is 11.8 Å². The number of amides is 2. The second-order valence-electron chi connectivity index (χ2n) is 8.69. The van der Waals surface area contributed by atoms with Crippen LogP contribution in [0.3, 0.4) is 0 Å². The summed E-state index contributed by atoms with van der Waals surface area (Å²) in [5.41, 5.74) is 3.17. The molecule has 2 N–H and O–H groups in total. The summed E-state index contributed by atoms with van der Waals surface area (Å²) in [5, 5.41) is 21.1. The average molecular weight is 502 g/mol. The third-order valence-electron chi connectivity index (χ3n) is 6.05. The molecule has 0 spiro atoms. The van der Waals surface area contributed by atoms with Crippen LogP contribution < -0.4 is 10.2 Å².